The van der Waals surface area contributed by atoms with Crippen LogP contribution >= 0.6 is 0 Å². The van der Waals surface area contributed by atoms with Gasteiger partial charge in [0, 0.05) is 19.0 Å². The van der Waals surface area contributed by atoms with Gasteiger partial charge >= 0.3 is 6.18 Å². The third-order valence-electron chi connectivity index (χ3n) is 2.97. The van der Waals surface area contributed by atoms with Crippen molar-refractivity contribution in [2.45, 2.75) is 44.3 Å². The molecule has 0 bridgehead atoms. The van der Waals surface area contributed by atoms with Gasteiger partial charge in [-0.15, -0.1) is 0 Å². The molecule has 1 atom stereocenters. The molecule has 0 aliphatic carbocycles. The Bertz CT molecular complexity index is 266. The summed E-state index contributed by atoms with van der Waals surface area (Å²) in [6.07, 6.45) is 0.00726. The molecule has 1 rings (SSSR count). The van der Waals surface area contributed by atoms with Gasteiger partial charge in [-0.05, 0) is 25.8 Å². The second-order valence-corrected chi connectivity index (χ2v) is 4.70. The number of hydrogen-bond donors (Lipinski definition) is 2. The summed E-state index contributed by atoms with van der Waals surface area (Å²) < 4.78 is 39.6. The zero-order valence-electron chi connectivity index (χ0n) is 10.9. The van der Waals surface area contributed by atoms with Crippen molar-refractivity contribution in [3.8, 4) is 0 Å². The molecular weight excluding hydrogens is 261 g/mol. The SMILES string of the molecule is O=C(CCOCC(F)(F)F)NCCC1CCCCN1. The van der Waals surface area contributed by atoms with Gasteiger partial charge in [-0.25, -0.2) is 0 Å². The summed E-state index contributed by atoms with van der Waals surface area (Å²) in [6.45, 7) is 0.0684. The first-order valence-electron chi connectivity index (χ1n) is 6.62. The van der Waals surface area contributed by atoms with Crippen molar-refractivity contribution in [2.24, 2.45) is 0 Å². The van der Waals surface area contributed by atoms with E-state index >= 15 is 0 Å². The first-order valence-corrected chi connectivity index (χ1v) is 6.62. The predicted octanol–water partition coefficient (Wildman–Crippen LogP) is 1.60. The van der Waals surface area contributed by atoms with E-state index in [-0.39, 0.29) is 18.9 Å². The number of halogens is 3. The highest BCUT2D eigenvalue weighted by Gasteiger charge is 2.27. The number of carbonyl (C=O) groups is 1. The smallest absolute Gasteiger partial charge is 0.372 e. The molecule has 112 valence electrons. The number of rotatable bonds is 7. The van der Waals surface area contributed by atoms with Crippen LogP contribution in [-0.2, 0) is 9.53 Å². The molecule has 7 heteroatoms. The molecule has 0 radical (unpaired) electrons. The predicted molar refractivity (Wildman–Crippen MR) is 64.8 cm³/mol. The molecule has 1 heterocycles. The highest BCUT2D eigenvalue weighted by molar-refractivity contribution is 5.75. The summed E-state index contributed by atoms with van der Waals surface area (Å²) in [6, 6.07) is 0.440. The van der Waals surface area contributed by atoms with Gasteiger partial charge in [0.2, 0.25) is 5.91 Å². The summed E-state index contributed by atoms with van der Waals surface area (Å²) in [5.41, 5.74) is 0. The molecule has 0 aromatic rings. The van der Waals surface area contributed by atoms with E-state index < -0.39 is 12.8 Å². The fourth-order valence-corrected chi connectivity index (χ4v) is 2.00. The van der Waals surface area contributed by atoms with E-state index in [0.717, 1.165) is 19.4 Å². The van der Waals surface area contributed by atoms with Crippen molar-refractivity contribution in [3.05, 3.63) is 0 Å². The minimum absolute atomic E-state index is 0.0336. The fraction of sp³-hybridized carbons (Fsp3) is 0.917. The average molecular weight is 282 g/mol. The summed E-state index contributed by atoms with van der Waals surface area (Å²) in [4.78, 5) is 11.3. The Morgan fingerprint density at radius 2 is 2.16 bits per heavy atom. The maximum absolute atomic E-state index is 11.8. The largest absolute Gasteiger partial charge is 0.411 e. The van der Waals surface area contributed by atoms with Gasteiger partial charge in [-0.2, -0.15) is 13.2 Å². The van der Waals surface area contributed by atoms with E-state index in [9.17, 15) is 18.0 Å². The standard InChI is InChI=1S/C12H21F3N2O2/c13-12(14,15)9-19-8-5-11(18)17-7-4-10-3-1-2-6-16-10/h10,16H,1-9H2,(H,17,18). The summed E-state index contributed by atoms with van der Waals surface area (Å²) in [5, 5.41) is 6.05. The van der Waals surface area contributed by atoms with Crippen LogP contribution in [0.3, 0.4) is 0 Å². The van der Waals surface area contributed by atoms with Gasteiger partial charge < -0.3 is 15.4 Å². The van der Waals surface area contributed by atoms with E-state index in [2.05, 4.69) is 15.4 Å². The number of carbonyl (C=O) groups excluding carboxylic acids is 1. The molecule has 4 nitrogen and oxygen atoms in total. The third-order valence-corrected chi connectivity index (χ3v) is 2.97. The number of amides is 1. The second-order valence-electron chi connectivity index (χ2n) is 4.70. The molecule has 1 saturated heterocycles. The zero-order valence-corrected chi connectivity index (χ0v) is 10.9. The van der Waals surface area contributed by atoms with Crippen molar-refractivity contribution in [1.29, 1.82) is 0 Å². The fourth-order valence-electron chi connectivity index (χ4n) is 2.00. The van der Waals surface area contributed by atoms with Crippen LogP contribution in [0.5, 0.6) is 0 Å². The number of alkyl halides is 3. The van der Waals surface area contributed by atoms with Crippen molar-refractivity contribution in [1.82, 2.24) is 10.6 Å². The van der Waals surface area contributed by atoms with Crippen LogP contribution in [0.1, 0.15) is 32.1 Å². The Morgan fingerprint density at radius 1 is 1.37 bits per heavy atom. The lowest BCUT2D eigenvalue weighted by Gasteiger charge is -2.23. The Kier molecular flexibility index (Phi) is 7.15. The van der Waals surface area contributed by atoms with Crippen LogP contribution < -0.4 is 10.6 Å². The van der Waals surface area contributed by atoms with Crippen molar-refractivity contribution in [2.75, 3.05) is 26.3 Å². The van der Waals surface area contributed by atoms with Crippen LogP contribution in [-0.4, -0.2) is 44.4 Å². The van der Waals surface area contributed by atoms with E-state index in [1.165, 1.54) is 12.8 Å². The maximum atomic E-state index is 11.8. The molecule has 19 heavy (non-hydrogen) atoms. The number of nitrogens with one attached hydrogen (secondary N) is 2. The quantitative estimate of drug-likeness (QED) is 0.697. The Morgan fingerprint density at radius 3 is 2.79 bits per heavy atom. The lowest BCUT2D eigenvalue weighted by molar-refractivity contribution is -0.174. The number of piperidine rings is 1. The van der Waals surface area contributed by atoms with Crippen molar-refractivity contribution >= 4 is 5.91 Å². The minimum atomic E-state index is -4.33. The molecule has 1 unspecified atom stereocenters. The third kappa shape index (κ3) is 8.83. The Hall–Kier alpha value is -0.820. The normalized spacial score (nSPS) is 20.3. The minimum Gasteiger partial charge on any atom is -0.372 e. The molecule has 1 amide bonds. The van der Waals surface area contributed by atoms with Crippen LogP contribution in [0.2, 0.25) is 0 Å². The Labute approximate surface area is 111 Å². The molecule has 0 aromatic heterocycles. The van der Waals surface area contributed by atoms with Crippen LogP contribution in [0.25, 0.3) is 0 Å². The van der Waals surface area contributed by atoms with Gasteiger partial charge in [0.1, 0.15) is 6.61 Å². The molecule has 0 aromatic carbocycles. The topological polar surface area (TPSA) is 50.4 Å². The van der Waals surface area contributed by atoms with E-state index in [0.29, 0.717) is 12.6 Å². The number of ether oxygens (including phenoxy) is 1. The zero-order chi connectivity index (χ0) is 14.1. The van der Waals surface area contributed by atoms with Crippen LogP contribution in [0.15, 0.2) is 0 Å². The molecular formula is C12H21F3N2O2. The second kappa shape index (κ2) is 8.37. The molecule has 1 aliphatic heterocycles. The lowest BCUT2D eigenvalue weighted by atomic mass is 10.0. The highest BCUT2D eigenvalue weighted by atomic mass is 19.4. The summed E-state index contributed by atoms with van der Waals surface area (Å²) >= 11 is 0. The lowest BCUT2D eigenvalue weighted by Crippen LogP contribution is -2.37. The molecule has 1 fully saturated rings. The molecule has 0 saturated carbocycles. The monoisotopic (exact) mass is 282 g/mol. The van der Waals surface area contributed by atoms with Crippen molar-refractivity contribution < 1.29 is 22.7 Å². The first kappa shape index (κ1) is 16.2. The van der Waals surface area contributed by atoms with Gasteiger partial charge in [0.05, 0.1) is 6.61 Å². The highest BCUT2D eigenvalue weighted by Crippen LogP contribution is 2.14. The van der Waals surface area contributed by atoms with Crippen molar-refractivity contribution in [3.63, 3.8) is 0 Å². The maximum Gasteiger partial charge on any atom is 0.411 e. The molecule has 1 aliphatic rings. The van der Waals surface area contributed by atoms with E-state index in [1.807, 2.05) is 0 Å². The molecule has 2 N–H and O–H groups in total. The van der Waals surface area contributed by atoms with Crippen LogP contribution in [0, 0.1) is 0 Å². The van der Waals surface area contributed by atoms with Gasteiger partial charge in [0.15, 0.2) is 0 Å². The van der Waals surface area contributed by atoms with Crippen LogP contribution in [0.4, 0.5) is 13.2 Å². The summed E-state index contributed by atoms with van der Waals surface area (Å²) in [5.74, 6) is -0.266. The van der Waals surface area contributed by atoms with Gasteiger partial charge in [-0.3, -0.25) is 4.79 Å². The Balaban J connectivity index is 1.95. The van der Waals surface area contributed by atoms with Gasteiger partial charge in [0.25, 0.3) is 0 Å². The molecule has 0 spiro atoms. The average Bonchev–Trinajstić information content (AvgIpc) is 2.35. The number of hydrogen-bond acceptors (Lipinski definition) is 3. The summed E-state index contributed by atoms with van der Waals surface area (Å²) in [7, 11) is 0. The van der Waals surface area contributed by atoms with Gasteiger partial charge in [-0.1, -0.05) is 6.42 Å². The van der Waals surface area contributed by atoms with E-state index in [4.69, 9.17) is 0 Å². The first-order chi connectivity index (χ1) is 8.97. The van der Waals surface area contributed by atoms with E-state index in [1.54, 1.807) is 0 Å².